The molecule has 41 heavy (non-hydrogen) atoms. The van der Waals surface area contributed by atoms with Crippen molar-refractivity contribution in [2.75, 3.05) is 6.61 Å². The summed E-state index contributed by atoms with van der Waals surface area (Å²) in [6.07, 6.45) is -5.96. The summed E-state index contributed by atoms with van der Waals surface area (Å²) in [4.78, 5) is 62.4. The standard InChI is InChI=1S/C28H32O13/c1-12(2)6-9-20(16-10-19(35)22-17(33)7-8-18(34)23(22)24(16)36)40-28-27(39-15(5)32)26(38-14(4)31)25(37-13(3)30)21(11-29)41-28/h6-8,10,20-21,25-29,33-34H,9,11H2,1-5H3/t20?,21-,25-,26+,27+,28-/m1/s1. The monoisotopic (exact) mass is 576 g/mol. The lowest BCUT2D eigenvalue weighted by molar-refractivity contribution is -0.313. The highest BCUT2D eigenvalue weighted by atomic mass is 16.7. The quantitative estimate of drug-likeness (QED) is 0.166. The average Bonchev–Trinajstić information content (AvgIpc) is 2.87. The van der Waals surface area contributed by atoms with Gasteiger partial charge in [-0.1, -0.05) is 11.6 Å². The van der Waals surface area contributed by atoms with Crippen LogP contribution in [-0.4, -0.2) is 88.2 Å². The van der Waals surface area contributed by atoms with E-state index < -0.39 is 90.0 Å². The van der Waals surface area contributed by atoms with Crippen LogP contribution in [0.5, 0.6) is 11.5 Å². The summed E-state index contributed by atoms with van der Waals surface area (Å²) >= 11 is 0. The minimum Gasteiger partial charge on any atom is -0.507 e. The Morgan fingerprint density at radius 2 is 1.41 bits per heavy atom. The van der Waals surface area contributed by atoms with Crippen LogP contribution in [0.3, 0.4) is 0 Å². The van der Waals surface area contributed by atoms with Gasteiger partial charge in [0, 0.05) is 26.3 Å². The van der Waals surface area contributed by atoms with Crippen LogP contribution in [0.1, 0.15) is 61.8 Å². The molecule has 3 N–H and O–H groups in total. The number of benzene rings is 1. The molecule has 1 aliphatic heterocycles. The van der Waals surface area contributed by atoms with Crippen molar-refractivity contribution >= 4 is 29.5 Å². The van der Waals surface area contributed by atoms with Gasteiger partial charge in [-0.2, -0.15) is 0 Å². The minimum absolute atomic E-state index is 0.00977. The molecule has 13 heteroatoms. The highest BCUT2D eigenvalue weighted by molar-refractivity contribution is 6.27. The fourth-order valence-corrected chi connectivity index (χ4v) is 4.59. The third-order valence-corrected chi connectivity index (χ3v) is 6.25. The third kappa shape index (κ3) is 7.17. The van der Waals surface area contributed by atoms with Crippen LogP contribution in [0, 0.1) is 0 Å². The largest absolute Gasteiger partial charge is 0.507 e. The van der Waals surface area contributed by atoms with Gasteiger partial charge in [0.1, 0.15) is 17.6 Å². The molecule has 0 bridgehead atoms. The van der Waals surface area contributed by atoms with Crippen LogP contribution < -0.4 is 0 Å². The van der Waals surface area contributed by atoms with Gasteiger partial charge in [0.05, 0.1) is 23.8 Å². The van der Waals surface area contributed by atoms with Crippen molar-refractivity contribution in [1.29, 1.82) is 0 Å². The van der Waals surface area contributed by atoms with Crippen molar-refractivity contribution in [3.63, 3.8) is 0 Å². The Balaban J connectivity index is 2.09. The van der Waals surface area contributed by atoms with Crippen molar-refractivity contribution in [1.82, 2.24) is 0 Å². The average molecular weight is 577 g/mol. The van der Waals surface area contributed by atoms with Gasteiger partial charge in [-0.05, 0) is 38.5 Å². The summed E-state index contributed by atoms with van der Waals surface area (Å²) in [7, 11) is 0. The number of allylic oxidation sites excluding steroid dienone is 2. The van der Waals surface area contributed by atoms with E-state index in [1.165, 1.54) is 0 Å². The molecule has 1 aromatic carbocycles. The maximum absolute atomic E-state index is 13.5. The van der Waals surface area contributed by atoms with E-state index in [0.29, 0.717) is 0 Å². The van der Waals surface area contributed by atoms with E-state index in [4.69, 9.17) is 23.7 Å². The number of Topliss-reactive ketones (excluding diaryl/α,β-unsaturated/α-hetero) is 1. The predicted octanol–water partition coefficient (Wildman–Crippen LogP) is 1.66. The number of aromatic hydroxyl groups is 2. The van der Waals surface area contributed by atoms with Gasteiger partial charge >= 0.3 is 17.9 Å². The molecule has 0 spiro atoms. The molecule has 0 aromatic heterocycles. The lowest BCUT2D eigenvalue weighted by Gasteiger charge is -2.44. The summed E-state index contributed by atoms with van der Waals surface area (Å²) in [6.45, 7) is 6.05. The van der Waals surface area contributed by atoms with E-state index in [9.17, 15) is 39.3 Å². The molecule has 1 aromatic rings. The third-order valence-electron chi connectivity index (χ3n) is 6.25. The number of hydrogen-bond acceptors (Lipinski definition) is 13. The molecule has 2 aliphatic rings. The molecular weight excluding hydrogens is 544 g/mol. The van der Waals surface area contributed by atoms with Crippen LogP contribution in [-0.2, 0) is 38.1 Å². The van der Waals surface area contributed by atoms with E-state index in [-0.39, 0.29) is 17.6 Å². The minimum atomic E-state index is -1.61. The fourth-order valence-electron chi connectivity index (χ4n) is 4.59. The van der Waals surface area contributed by atoms with Crippen molar-refractivity contribution in [3.05, 3.63) is 46.6 Å². The first kappa shape index (κ1) is 31.5. The number of carbonyl (C=O) groups excluding carboxylic acids is 5. The van der Waals surface area contributed by atoms with Gasteiger partial charge in [-0.3, -0.25) is 24.0 Å². The number of rotatable bonds is 9. The molecule has 13 nitrogen and oxygen atoms in total. The van der Waals surface area contributed by atoms with Crippen LogP contribution in [0.25, 0.3) is 0 Å². The Morgan fingerprint density at radius 1 is 0.878 bits per heavy atom. The molecule has 6 atom stereocenters. The Bertz CT molecular complexity index is 1290. The van der Waals surface area contributed by atoms with Crippen LogP contribution >= 0.6 is 0 Å². The summed E-state index contributed by atoms with van der Waals surface area (Å²) in [5, 5.41) is 30.6. The first-order valence-corrected chi connectivity index (χ1v) is 12.7. The first-order valence-electron chi connectivity index (χ1n) is 12.7. The molecule has 222 valence electrons. The normalized spacial score (nSPS) is 24.4. The zero-order valence-corrected chi connectivity index (χ0v) is 23.1. The Hall–Kier alpha value is -4.07. The van der Waals surface area contributed by atoms with Gasteiger partial charge in [0.2, 0.25) is 0 Å². The summed E-state index contributed by atoms with van der Waals surface area (Å²) in [6, 6.07) is 2.15. The Labute approximate surface area is 235 Å². The molecule has 1 heterocycles. The smallest absolute Gasteiger partial charge is 0.303 e. The molecule has 0 radical (unpaired) electrons. The summed E-state index contributed by atoms with van der Waals surface area (Å²) < 4.78 is 27.9. The molecular formula is C28H32O13. The highest BCUT2D eigenvalue weighted by Gasteiger charge is 2.53. The van der Waals surface area contributed by atoms with Crippen molar-refractivity contribution in [2.45, 2.75) is 77.8 Å². The van der Waals surface area contributed by atoms with Gasteiger partial charge in [-0.25, -0.2) is 0 Å². The van der Waals surface area contributed by atoms with Crippen LogP contribution in [0.15, 0.2) is 35.4 Å². The number of ether oxygens (including phenoxy) is 5. The molecule has 3 rings (SSSR count). The van der Waals surface area contributed by atoms with E-state index in [1.54, 1.807) is 19.9 Å². The number of carbonyl (C=O) groups is 5. The number of phenolic OH excluding ortho intramolecular Hbond substituents is 2. The second-order valence-corrected chi connectivity index (χ2v) is 9.74. The lowest BCUT2D eigenvalue weighted by atomic mass is 9.85. The summed E-state index contributed by atoms with van der Waals surface area (Å²) in [5.74, 6) is -5.07. The molecule has 0 saturated carbocycles. The van der Waals surface area contributed by atoms with E-state index >= 15 is 0 Å². The second kappa shape index (κ2) is 13.1. The molecule has 0 amide bonds. The van der Waals surface area contributed by atoms with Crippen molar-refractivity contribution in [3.8, 4) is 11.5 Å². The lowest BCUT2D eigenvalue weighted by Crippen LogP contribution is -2.63. The fraction of sp³-hybridized carbons (Fsp3) is 0.464. The van der Waals surface area contributed by atoms with Gasteiger partial charge < -0.3 is 39.0 Å². The number of fused-ring (bicyclic) bond motifs is 1. The maximum atomic E-state index is 13.5. The zero-order valence-electron chi connectivity index (χ0n) is 23.1. The number of phenols is 2. The molecule has 1 fully saturated rings. The number of aliphatic hydroxyl groups is 1. The van der Waals surface area contributed by atoms with E-state index in [2.05, 4.69) is 0 Å². The molecule has 1 saturated heterocycles. The van der Waals surface area contributed by atoms with Crippen LogP contribution in [0.4, 0.5) is 0 Å². The van der Waals surface area contributed by atoms with Gasteiger partial charge in [0.15, 0.2) is 36.2 Å². The number of ketones is 2. The van der Waals surface area contributed by atoms with E-state index in [0.717, 1.165) is 44.6 Å². The molecule has 1 unspecified atom stereocenters. The zero-order chi connectivity index (χ0) is 30.6. The van der Waals surface area contributed by atoms with Gasteiger partial charge in [-0.15, -0.1) is 0 Å². The number of hydrogen-bond donors (Lipinski definition) is 3. The van der Waals surface area contributed by atoms with Crippen LogP contribution in [0.2, 0.25) is 0 Å². The highest BCUT2D eigenvalue weighted by Crippen LogP contribution is 2.38. The number of esters is 3. The SMILES string of the molecule is CC(=O)O[C@@H]1[C@H](OC(C)=O)[C@H](OC(CC=C(C)C)C2=CC(=O)c3c(O)ccc(O)c3C2=O)O[C@H](CO)[C@H]1OC(C)=O. The first-order chi connectivity index (χ1) is 19.2. The summed E-state index contributed by atoms with van der Waals surface area (Å²) in [5.41, 5.74) is -0.180. The second-order valence-electron chi connectivity index (χ2n) is 9.74. The van der Waals surface area contributed by atoms with Crippen molar-refractivity contribution < 1.29 is 63.0 Å². The topological polar surface area (TPSA) is 192 Å². The molecule has 1 aliphatic carbocycles. The Kier molecular flexibility index (Phi) is 10.0. The van der Waals surface area contributed by atoms with Crippen molar-refractivity contribution in [2.24, 2.45) is 0 Å². The maximum Gasteiger partial charge on any atom is 0.303 e. The Morgan fingerprint density at radius 3 is 1.95 bits per heavy atom. The number of aliphatic hydroxyl groups excluding tert-OH is 1. The van der Waals surface area contributed by atoms with Gasteiger partial charge in [0.25, 0.3) is 0 Å². The van der Waals surface area contributed by atoms with E-state index in [1.807, 2.05) is 0 Å². The predicted molar refractivity (Wildman–Crippen MR) is 138 cm³/mol.